The summed E-state index contributed by atoms with van der Waals surface area (Å²) in [6.07, 6.45) is 1.77. The van der Waals surface area contributed by atoms with Crippen LogP contribution >= 0.6 is 0 Å². The van der Waals surface area contributed by atoms with Crippen molar-refractivity contribution in [3.63, 3.8) is 0 Å². The first-order valence-corrected chi connectivity index (χ1v) is 5.57. The van der Waals surface area contributed by atoms with Crippen LogP contribution < -0.4 is 5.32 Å². The monoisotopic (exact) mass is 215 g/mol. The van der Waals surface area contributed by atoms with Crippen LogP contribution in [-0.2, 0) is 4.74 Å². The molecule has 1 amide bonds. The van der Waals surface area contributed by atoms with Crippen molar-refractivity contribution in [2.75, 3.05) is 6.54 Å². The molecule has 0 atom stereocenters. The molecule has 0 aromatic rings. The minimum Gasteiger partial charge on any atom is -0.444 e. The Labute approximate surface area is 93.6 Å². The van der Waals surface area contributed by atoms with Gasteiger partial charge < -0.3 is 10.1 Å². The van der Waals surface area contributed by atoms with E-state index in [4.69, 9.17) is 4.74 Å². The van der Waals surface area contributed by atoms with E-state index in [-0.39, 0.29) is 6.09 Å². The fraction of sp³-hybridized carbons (Fsp3) is 0.917. The first kappa shape index (κ1) is 14.3. The van der Waals surface area contributed by atoms with Crippen molar-refractivity contribution in [3.05, 3.63) is 0 Å². The molecule has 0 heterocycles. The molecular formula is C12H25NO2. The highest BCUT2D eigenvalue weighted by Crippen LogP contribution is 2.19. The van der Waals surface area contributed by atoms with E-state index < -0.39 is 5.60 Å². The average molecular weight is 215 g/mol. The maximum absolute atomic E-state index is 11.2. The van der Waals surface area contributed by atoms with Crippen molar-refractivity contribution in [2.45, 2.75) is 60.0 Å². The molecule has 1 N–H and O–H groups in total. The zero-order valence-electron chi connectivity index (χ0n) is 10.9. The Morgan fingerprint density at radius 2 is 1.67 bits per heavy atom. The number of amides is 1. The second-order valence-electron chi connectivity index (χ2n) is 6.09. The van der Waals surface area contributed by atoms with Crippen LogP contribution in [0.3, 0.4) is 0 Å². The van der Waals surface area contributed by atoms with Gasteiger partial charge in [0.25, 0.3) is 0 Å². The van der Waals surface area contributed by atoms with Gasteiger partial charge in [0.15, 0.2) is 0 Å². The molecule has 3 nitrogen and oxygen atoms in total. The number of rotatable bonds is 3. The van der Waals surface area contributed by atoms with Crippen LogP contribution in [0.1, 0.15) is 54.4 Å². The van der Waals surface area contributed by atoms with Gasteiger partial charge in [0.2, 0.25) is 0 Å². The summed E-state index contributed by atoms with van der Waals surface area (Å²) in [5.41, 5.74) is -0.0796. The van der Waals surface area contributed by atoms with Gasteiger partial charge in [-0.25, -0.2) is 4.79 Å². The van der Waals surface area contributed by atoms with E-state index in [2.05, 4.69) is 26.1 Å². The van der Waals surface area contributed by atoms with Crippen molar-refractivity contribution in [3.8, 4) is 0 Å². The second kappa shape index (κ2) is 5.38. The maximum atomic E-state index is 11.2. The molecule has 0 spiro atoms. The highest BCUT2D eigenvalue weighted by atomic mass is 16.6. The Morgan fingerprint density at radius 1 is 1.13 bits per heavy atom. The van der Waals surface area contributed by atoms with E-state index >= 15 is 0 Å². The van der Waals surface area contributed by atoms with Crippen molar-refractivity contribution in [1.82, 2.24) is 5.32 Å². The molecule has 90 valence electrons. The van der Waals surface area contributed by atoms with E-state index in [0.717, 1.165) is 12.8 Å². The largest absolute Gasteiger partial charge is 0.444 e. The average Bonchev–Trinajstić information content (AvgIpc) is 1.92. The smallest absolute Gasteiger partial charge is 0.407 e. The minimum absolute atomic E-state index is 0.323. The first-order chi connectivity index (χ1) is 6.60. The molecule has 0 aliphatic rings. The van der Waals surface area contributed by atoms with E-state index in [9.17, 15) is 4.79 Å². The summed E-state index contributed by atoms with van der Waals surface area (Å²) in [6, 6.07) is 0. The van der Waals surface area contributed by atoms with Crippen LogP contribution in [0.25, 0.3) is 0 Å². The highest BCUT2D eigenvalue weighted by molar-refractivity contribution is 5.67. The molecule has 0 aliphatic carbocycles. The summed E-state index contributed by atoms with van der Waals surface area (Å²) in [7, 11) is 0. The number of hydrogen-bond acceptors (Lipinski definition) is 2. The first-order valence-electron chi connectivity index (χ1n) is 5.57. The summed E-state index contributed by atoms with van der Waals surface area (Å²) in [4.78, 5) is 11.2. The van der Waals surface area contributed by atoms with Gasteiger partial charge >= 0.3 is 6.09 Å². The van der Waals surface area contributed by atoms with Crippen LogP contribution in [0.4, 0.5) is 4.79 Å². The number of hydrogen-bond donors (Lipinski definition) is 1. The van der Waals surface area contributed by atoms with E-state index in [0.29, 0.717) is 12.0 Å². The summed E-state index contributed by atoms with van der Waals surface area (Å²) >= 11 is 0. The molecule has 0 aliphatic heterocycles. The molecule has 0 rings (SSSR count). The zero-order valence-corrected chi connectivity index (χ0v) is 10.9. The molecule has 0 saturated heterocycles. The lowest BCUT2D eigenvalue weighted by atomic mass is 9.91. The van der Waals surface area contributed by atoms with Crippen LogP contribution in [0, 0.1) is 5.41 Å². The lowest BCUT2D eigenvalue weighted by molar-refractivity contribution is 0.0525. The topological polar surface area (TPSA) is 38.3 Å². The standard InChI is InChI=1S/C12H25NO2/c1-11(2,3)8-7-9-13-10(14)15-12(4,5)6/h7-9H2,1-6H3,(H,13,14). The molecular weight excluding hydrogens is 190 g/mol. The maximum Gasteiger partial charge on any atom is 0.407 e. The van der Waals surface area contributed by atoms with Crippen LogP contribution in [-0.4, -0.2) is 18.2 Å². The van der Waals surface area contributed by atoms with Crippen molar-refractivity contribution in [2.24, 2.45) is 5.41 Å². The Kier molecular flexibility index (Phi) is 5.12. The predicted octanol–water partition coefficient (Wildman–Crippen LogP) is 3.34. The number of ether oxygens (including phenoxy) is 1. The molecule has 0 saturated carbocycles. The molecule has 0 aromatic carbocycles. The van der Waals surface area contributed by atoms with Crippen LogP contribution in [0.15, 0.2) is 0 Å². The molecule has 0 unspecified atom stereocenters. The molecule has 0 radical (unpaired) electrons. The number of alkyl carbamates (subject to hydrolysis) is 1. The van der Waals surface area contributed by atoms with Gasteiger partial charge in [-0.05, 0) is 39.0 Å². The molecule has 3 heteroatoms. The van der Waals surface area contributed by atoms with E-state index in [1.807, 2.05) is 20.8 Å². The highest BCUT2D eigenvalue weighted by Gasteiger charge is 2.15. The van der Waals surface area contributed by atoms with Gasteiger partial charge in [-0.15, -0.1) is 0 Å². The van der Waals surface area contributed by atoms with E-state index in [1.165, 1.54) is 0 Å². The number of carbonyl (C=O) groups excluding carboxylic acids is 1. The zero-order chi connectivity index (χ0) is 12.1. The van der Waals surface area contributed by atoms with Crippen molar-refractivity contribution in [1.29, 1.82) is 0 Å². The lowest BCUT2D eigenvalue weighted by Crippen LogP contribution is -2.33. The Balaban J connectivity index is 3.57. The summed E-state index contributed by atoms with van der Waals surface area (Å²) in [6.45, 7) is 12.9. The quantitative estimate of drug-likeness (QED) is 0.733. The summed E-state index contributed by atoms with van der Waals surface area (Å²) in [5.74, 6) is 0. The third-order valence-corrected chi connectivity index (χ3v) is 1.77. The second-order valence-corrected chi connectivity index (χ2v) is 6.09. The molecule has 0 bridgehead atoms. The SMILES string of the molecule is CC(C)(C)CCCNC(=O)OC(C)(C)C. The van der Waals surface area contributed by atoms with Crippen LogP contribution in [0.5, 0.6) is 0 Å². The molecule has 15 heavy (non-hydrogen) atoms. The van der Waals surface area contributed by atoms with Crippen LogP contribution in [0.2, 0.25) is 0 Å². The number of carbonyl (C=O) groups is 1. The van der Waals surface area contributed by atoms with Gasteiger partial charge in [-0.3, -0.25) is 0 Å². The van der Waals surface area contributed by atoms with Gasteiger partial charge in [-0.1, -0.05) is 20.8 Å². The Bertz CT molecular complexity index is 199. The Morgan fingerprint density at radius 3 is 2.07 bits per heavy atom. The van der Waals surface area contributed by atoms with Gasteiger partial charge in [0, 0.05) is 6.54 Å². The third-order valence-electron chi connectivity index (χ3n) is 1.77. The third kappa shape index (κ3) is 11.2. The molecule has 0 fully saturated rings. The van der Waals surface area contributed by atoms with Crippen molar-refractivity contribution < 1.29 is 9.53 Å². The van der Waals surface area contributed by atoms with E-state index in [1.54, 1.807) is 0 Å². The lowest BCUT2D eigenvalue weighted by Gasteiger charge is -2.21. The fourth-order valence-corrected chi connectivity index (χ4v) is 1.12. The van der Waals surface area contributed by atoms with Crippen molar-refractivity contribution >= 4 is 6.09 Å². The van der Waals surface area contributed by atoms with Gasteiger partial charge in [0.1, 0.15) is 5.60 Å². The fourth-order valence-electron chi connectivity index (χ4n) is 1.12. The summed E-state index contributed by atoms with van der Waals surface area (Å²) < 4.78 is 5.12. The van der Waals surface area contributed by atoms with Gasteiger partial charge in [0.05, 0.1) is 0 Å². The number of nitrogens with one attached hydrogen (secondary N) is 1. The van der Waals surface area contributed by atoms with Gasteiger partial charge in [-0.2, -0.15) is 0 Å². The molecule has 0 aromatic heterocycles. The minimum atomic E-state index is -0.409. The summed E-state index contributed by atoms with van der Waals surface area (Å²) in [5, 5.41) is 2.75. The Hall–Kier alpha value is -0.730. The normalized spacial score (nSPS) is 12.4. The predicted molar refractivity (Wildman–Crippen MR) is 62.9 cm³/mol.